The predicted octanol–water partition coefficient (Wildman–Crippen LogP) is 2.19. The van der Waals surface area contributed by atoms with Crippen molar-refractivity contribution < 1.29 is 0 Å². The third-order valence-electron chi connectivity index (χ3n) is 4.52. The minimum absolute atomic E-state index is 0.378. The van der Waals surface area contributed by atoms with E-state index < -0.39 is 0 Å². The SMILES string of the molecule is Cn1cncc1CN1CCCCC1c1ccn2nccc2n1. The molecule has 4 heterocycles. The minimum atomic E-state index is 0.378. The third-order valence-corrected chi connectivity index (χ3v) is 4.52. The quantitative estimate of drug-likeness (QED) is 0.743. The van der Waals surface area contributed by atoms with E-state index in [4.69, 9.17) is 4.98 Å². The average molecular weight is 296 g/mol. The molecule has 0 spiro atoms. The van der Waals surface area contributed by atoms with Gasteiger partial charge >= 0.3 is 0 Å². The Morgan fingerprint density at radius 2 is 2.23 bits per heavy atom. The number of hydrogen-bond donors (Lipinski definition) is 0. The number of rotatable bonds is 3. The zero-order valence-corrected chi connectivity index (χ0v) is 12.8. The molecule has 22 heavy (non-hydrogen) atoms. The van der Waals surface area contributed by atoms with E-state index in [9.17, 15) is 0 Å². The maximum absolute atomic E-state index is 4.80. The molecule has 0 N–H and O–H groups in total. The van der Waals surface area contributed by atoms with Crippen molar-refractivity contribution in [1.82, 2.24) is 29.0 Å². The van der Waals surface area contributed by atoms with E-state index in [0.717, 1.165) is 30.9 Å². The highest BCUT2D eigenvalue weighted by Crippen LogP contribution is 2.31. The van der Waals surface area contributed by atoms with Gasteiger partial charge in [0.2, 0.25) is 0 Å². The molecule has 0 amide bonds. The Hall–Kier alpha value is -2.21. The van der Waals surface area contributed by atoms with Crippen LogP contribution in [0.25, 0.3) is 5.65 Å². The van der Waals surface area contributed by atoms with Crippen LogP contribution in [0.1, 0.15) is 36.7 Å². The minimum Gasteiger partial charge on any atom is -0.337 e. The van der Waals surface area contributed by atoms with Crippen LogP contribution < -0.4 is 0 Å². The Bertz CT molecular complexity index is 774. The Balaban J connectivity index is 1.63. The highest BCUT2D eigenvalue weighted by molar-refractivity contribution is 5.37. The zero-order valence-electron chi connectivity index (χ0n) is 12.8. The summed E-state index contributed by atoms with van der Waals surface area (Å²) in [6.45, 7) is 2.04. The Labute approximate surface area is 129 Å². The number of aryl methyl sites for hydroxylation is 1. The van der Waals surface area contributed by atoms with Gasteiger partial charge in [-0.05, 0) is 25.5 Å². The zero-order chi connectivity index (χ0) is 14.9. The van der Waals surface area contributed by atoms with Crippen LogP contribution in [0.3, 0.4) is 0 Å². The van der Waals surface area contributed by atoms with Gasteiger partial charge in [-0.25, -0.2) is 14.5 Å². The molecular formula is C16H20N6. The molecule has 3 aromatic heterocycles. The molecule has 1 unspecified atom stereocenters. The molecule has 4 rings (SSSR count). The summed E-state index contributed by atoms with van der Waals surface area (Å²) in [7, 11) is 2.05. The number of hydrogen-bond acceptors (Lipinski definition) is 4. The van der Waals surface area contributed by atoms with Gasteiger partial charge in [-0.1, -0.05) is 6.42 Å². The van der Waals surface area contributed by atoms with Crippen LogP contribution in [0.2, 0.25) is 0 Å². The van der Waals surface area contributed by atoms with Crippen LogP contribution in [0, 0.1) is 0 Å². The van der Waals surface area contributed by atoms with Crippen LogP contribution in [0.5, 0.6) is 0 Å². The summed E-state index contributed by atoms with van der Waals surface area (Å²) in [5.74, 6) is 0. The van der Waals surface area contributed by atoms with Gasteiger partial charge in [-0.2, -0.15) is 5.10 Å². The fourth-order valence-corrected chi connectivity index (χ4v) is 3.27. The second kappa shape index (κ2) is 5.53. The van der Waals surface area contributed by atoms with E-state index >= 15 is 0 Å². The Morgan fingerprint density at radius 1 is 1.27 bits per heavy atom. The topological polar surface area (TPSA) is 51.2 Å². The van der Waals surface area contributed by atoms with Crippen LogP contribution >= 0.6 is 0 Å². The first-order valence-corrected chi connectivity index (χ1v) is 7.81. The van der Waals surface area contributed by atoms with Crippen molar-refractivity contribution in [1.29, 1.82) is 0 Å². The van der Waals surface area contributed by atoms with E-state index in [1.165, 1.54) is 18.5 Å². The molecule has 0 radical (unpaired) electrons. The molecule has 6 nitrogen and oxygen atoms in total. The highest BCUT2D eigenvalue weighted by Gasteiger charge is 2.26. The molecule has 6 heteroatoms. The average Bonchev–Trinajstić information content (AvgIpc) is 3.16. The van der Waals surface area contributed by atoms with Crippen molar-refractivity contribution in [2.45, 2.75) is 31.8 Å². The van der Waals surface area contributed by atoms with Crippen molar-refractivity contribution in [3.05, 3.63) is 48.4 Å². The van der Waals surface area contributed by atoms with Crippen molar-refractivity contribution >= 4 is 5.65 Å². The third kappa shape index (κ3) is 2.39. The molecule has 1 aliphatic rings. The van der Waals surface area contributed by atoms with Crippen LogP contribution in [-0.4, -0.2) is 35.6 Å². The lowest BCUT2D eigenvalue weighted by molar-refractivity contribution is 0.134. The molecule has 114 valence electrons. The first-order valence-electron chi connectivity index (χ1n) is 7.81. The number of nitrogens with zero attached hydrogens (tertiary/aromatic N) is 6. The summed E-state index contributed by atoms with van der Waals surface area (Å²) in [5.41, 5.74) is 3.32. The molecular weight excluding hydrogens is 276 g/mol. The van der Waals surface area contributed by atoms with Crippen LogP contribution in [-0.2, 0) is 13.6 Å². The monoisotopic (exact) mass is 296 g/mol. The van der Waals surface area contributed by atoms with Crippen LogP contribution in [0.4, 0.5) is 0 Å². The summed E-state index contributed by atoms with van der Waals surface area (Å²) in [5, 5.41) is 4.23. The predicted molar refractivity (Wildman–Crippen MR) is 83.2 cm³/mol. The summed E-state index contributed by atoms with van der Waals surface area (Å²) in [4.78, 5) is 11.5. The Morgan fingerprint density at radius 3 is 3.09 bits per heavy atom. The van der Waals surface area contributed by atoms with Crippen LogP contribution in [0.15, 0.2) is 37.1 Å². The van der Waals surface area contributed by atoms with Gasteiger partial charge in [-0.15, -0.1) is 0 Å². The van der Waals surface area contributed by atoms with Crippen molar-refractivity contribution in [3.63, 3.8) is 0 Å². The second-order valence-corrected chi connectivity index (χ2v) is 5.96. The summed E-state index contributed by atoms with van der Waals surface area (Å²) in [6.07, 6.45) is 11.3. The number of fused-ring (bicyclic) bond motifs is 1. The Kier molecular flexibility index (Phi) is 3.38. The standard InChI is InChI=1S/C16H20N6/c1-20-12-17-10-13(20)11-21-8-3-2-4-15(21)14-6-9-22-16(19-14)5-7-18-22/h5-7,9-10,12,15H,2-4,8,11H2,1H3. The lowest BCUT2D eigenvalue weighted by atomic mass is 9.99. The molecule has 1 saturated heterocycles. The molecule has 1 aliphatic heterocycles. The van der Waals surface area contributed by atoms with Gasteiger partial charge in [0, 0.05) is 32.1 Å². The number of aromatic nitrogens is 5. The maximum Gasteiger partial charge on any atom is 0.155 e. The van der Waals surface area contributed by atoms with Crippen molar-refractivity contribution in [2.24, 2.45) is 7.05 Å². The molecule has 0 bridgehead atoms. The van der Waals surface area contributed by atoms with E-state index in [0.29, 0.717) is 6.04 Å². The van der Waals surface area contributed by atoms with Gasteiger partial charge in [0.15, 0.2) is 5.65 Å². The van der Waals surface area contributed by atoms with E-state index in [-0.39, 0.29) is 0 Å². The fourth-order valence-electron chi connectivity index (χ4n) is 3.27. The molecule has 1 atom stereocenters. The highest BCUT2D eigenvalue weighted by atomic mass is 15.2. The number of likely N-dealkylation sites (tertiary alicyclic amines) is 1. The van der Waals surface area contributed by atoms with Gasteiger partial charge < -0.3 is 4.57 Å². The molecule has 0 aromatic carbocycles. The summed E-state index contributed by atoms with van der Waals surface area (Å²) in [6, 6.07) is 4.44. The molecule has 0 saturated carbocycles. The largest absolute Gasteiger partial charge is 0.337 e. The lowest BCUT2D eigenvalue weighted by Gasteiger charge is -2.35. The van der Waals surface area contributed by atoms with Gasteiger partial charge in [0.25, 0.3) is 0 Å². The van der Waals surface area contributed by atoms with Gasteiger partial charge in [0.1, 0.15) is 0 Å². The van der Waals surface area contributed by atoms with E-state index in [2.05, 4.69) is 32.7 Å². The van der Waals surface area contributed by atoms with E-state index in [1.807, 2.05) is 29.3 Å². The second-order valence-electron chi connectivity index (χ2n) is 5.96. The summed E-state index contributed by atoms with van der Waals surface area (Å²) < 4.78 is 3.91. The molecule has 1 fully saturated rings. The van der Waals surface area contributed by atoms with Gasteiger partial charge in [-0.3, -0.25) is 4.90 Å². The molecule has 0 aliphatic carbocycles. The summed E-state index contributed by atoms with van der Waals surface area (Å²) >= 11 is 0. The number of piperidine rings is 1. The van der Waals surface area contributed by atoms with Crippen molar-refractivity contribution in [3.8, 4) is 0 Å². The van der Waals surface area contributed by atoms with Crippen molar-refractivity contribution in [2.75, 3.05) is 6.54 Å². The fraction of sp³-hybridized carbons (Fsp3) is 0.438. The maximum atomic E-state index is 4.80. The normalized spacial score (nSPS) is 19.8. The van der Waals surface area contributed by atoms with E-state index in [1.54, 1.807) is 6.20 Å². The van der Waals surface area contributed by atoms with Gasteiger partial charge in [0.05, 0.1) is 30.0 Å². The first kappa shape index (κ1) is 13.5. The molecule has 3 aromatic rings. The number of imidazole rings is 1. The lowest BCUT2D eigenvalue weighted by Crippen LogP contribution is -2.34. The first-order chi connectivity index (χ1) is 10.8. The smallest absolute Gasteiger partial charge is 0.155 e.